The van der Waals surface area contributed by atoms with Gasteiger partial charge in [-0.25, -0.2) is 9.97 Å². The van der Waals surface area contributed by atoms with Crippen molar-refractivity contribution < 1.29 is 0 Å². The van der Waals surface area contributed by atoms with Crippen LogP contribution in [0.4, 0.5) is 0 Å². The molecule has 0 aliphatic carbocycles. The molecule has 0 unspecified atom stereocenters. The van der Waals surface area contributed by atoms with Crippen molar-refractivity contribution in [3.05, 3.63) is 21.2 Å². The van der Waals surface area contributed by atoms with E-state index < -0.39 is 0 Å². The lowest BCUT2D eigenvalue weighted by Crippen LogP contribution is -1.73. The van der Waals surface area contributed by atoms with Gasteiger partial charge in [-0.05, 0) is 22.0 Å². The van der Waals surface area contributed by atoms with Crippen molar-refractivity contribution in [2.45, 2.75) is 0 Å². The van der Waals surface area contributed by atoms with Gasteiger partial charge in [0.25, 0.3) is 0 Å². The third-order valence-corrected chi connectivity index (χ3v) is 3.17. The monoisotopic (exact) mass is 248 g/mol. The first kappa shape index (κ1) is 7.46. The van der Waals surface area contributed by atoms with Gasteiger partial charge in [0, 0.05) is 6.20 Å². The molecule has 5 heteroatoms. The van der Waals surface area contributed by atoms with E-state index in [4.69, 9.17) is 11.6 Å². The molecule has 56 valence electrons. The molecule has 0 aromatic carbocycles. The summed E-state index contributed by atoms with van der Waals surface area (Å²) in [7, 11) is 0. The van der Waals surface area contributed by atoms with E-state index in [-0.39, 0.29) is 0 Å². The van der Waals surface area contributed by atoms with Crippen molar-refractivity contribution in [3.63, 3.8) is 0 Å². The summed E-state index contributed by atoms with van der Waals surface area (Å²) in [6.45, 7) is 0. The van der Waals surface area contributed by atoms with Crippen LogP contribution in [-0.4, -0.2) is 9.97 Å². The molecular weight excluding hydrogens is 248 g/mol. The lowest BCUT2D eigenvalue weighted by molar-refractivity contribution is 1.31. The lowest BCUT2D eigenvalue weighted by Gasteiger charge is -1.86. The first-order valence-electron chi connectivity index (χ1n) is 2.84. The van der Waals surface area contributed by atoms with Crippen LogP contribution in [0.3, 0.4) is 0 Å². The van der Waals surface area contributed by atoms with Crippen molar-refractivity contribution in [1.82, 2.24) is 9.97 Å². The third kappa shape index (κ3) is 1.26. The molecular formula is C6H2BrClN2S. The normalized spacial score (nSPS) is 10.7. The van der Waals surface area contributed by atoms with Gasteiger partial charge in [0.15, 0.2) is 9.56 Å². The summed E-state index contributed by atoms with van der Waals surface area (Å²) in [4.78, 5) is 8.16. The summed E-state index contributed by atoms with van der Waals surface area (Å²) >= 11 is 10.6. The van der Waals surface area contributed by atoms with Crippen molar-refractivity contribution in [2.75, 3.05) is 0 Å². The zero-order valence-electron chi connectivity index (χ0n) is 5.21. The minimum atomic E-state index is 0.703. The van der Waals surface area contributed by atoms with Gasteiger partial charge in [0.2, 0.25) is 0 Å². The number of thiazole rings is 1. The summed E-state index contributed by atoms with van der Waals surface area (Å²) in [6, 6.07) is 1.76. The molecule has 0 aliphatic heterocycles. The maximum absolute atomic E-state index is 5.88. The van der Waals surface area contributed by atoms with Gasteiger partial charge in [-0.2, -0.15) is 0 Å². The van der Waals surface area contributed by atoms with Crippen LogP contribution in [0, 0.1) is 0 Å². The molecule has 0 aliphatic rings. The Balaban J connectivity index is 2.90. The Morgan fingerprint density at radius 2 is 2.36 bits per heavy atom. The van der Waals surface area contributed by atoms with Crippen LogP contribution in [0.15, 0.2) is 16.2 Å². The summed E-state index contributed by atoms with van der Waals surface area (Å²) in [5, 5.41) is 0.707. The van der Waals surface area contributed by atoms with Crippen molar-refractivity contribution in [2.24, 2.45) is 0 Å². The number of hydrogen-bond acceptors (Lipinski definition) is 3. The molecule has 0 saturated carbocycles. The van der Waals surface area contributed by atoms with Gasteiger partial charge in [0.05, 0.1) is 9.72 Å². The van der Waals surface area contributed by atoms with Gasteiger partial charge in [0.1, 0.15) is 0 Å². The highest BCUT2D eigenvalue weighted by Gasteiger charge is 2.04. The highest BCUT2D eigenvalue weighted by atomic mass is 79.9. The fraction of sp³-hybridized carbons (Fsp3) is 0. The second kappa shape index (κ2) is 2.69. The molecule has 0 radical (unpaired) electrons. The molecule has 11 heavy (non-hydrogen) atoms. The number of fused-ring (bicyclic) bond motifs is 1. The maximum atomic E-state index is 5.88. The highest BCUT2D eigenvalue weighted by molar-refractivity contribution is 9.11. The Morgan fingerprint density at radius 1 is 1.55 bits per heavy atom. The number of hydrogen-bond donors (Lipinski definition) is 0. The molecule has 0 saturated heterocycles. The van der Waals surface area contributed by atoms with Gasteiger partial charge in [-0.1, -0.05) is 11.6 Å². The predicted octanol–water partition coefficient (Wildman–Crippen LogP) is 3.11. The first-order chi connectivity index (χ1) is 5.27. The second-order valence-corrected chi connectivity index (χ2v) is 4.59. The molecule has 2 rings (SSSR count). The standard InChI is InChI=1S/C6H2BrClN2S/c7-6-10-5-4(11-6)3(8)1-2-9-5/h1-2H. The second-order valence-electron chi connectivity index (χ2n) is 1.91. The summed E-state index contributed by atoms with van der Waals surface area (Å²) in [6.07, 6.45) is 1.65. The van der Waals surface area contributed by atoms with Crippen LogP contribution in [-0.2, 0) is 0 Å². The smallest absolute Gasteiger partial charge is 0.173 e. The van der Waals surface area contributed by atoms with Gasteiger partial charge >= 0.3 is 0 Å². The van der Waals surface area contributed by atoms with E-state index in [9.17, 15) is 0 Å². The summed E-state index contributed by atoms with van der Waals surface area (Å²) < 4.78 is 1.74. The maximum Gasteiger partial charge on any atom is 0.173 e. The van der Waals surface area contributed by atoms with Crippen LogP contribution in [0.2, 0.25) is 5.02 Å². The third-order valence-electron chi connectivity index (χ3n) is 1.22. The Bertz CT molecular complexity index is 400. The number of aromatic nitrogens is 2. The van der Waals surface area contributed by atoms with Crippen molar-refractivity contribution >= 4 is 49.2 Å². The number of halogens is 2. The minimum Gasteiger partial charge on any atom is -0.236 e. The van der Waals surface area contributed by atoms with Crippen molar-refractivity contribution in [1.29, 1.82) is 0 Å². The van der Waals surface area contributed by atoms with E-state index in [1.165, 1.54) is 11.3 Å². The molecule has 0 N–H and O–H groups in total. The predicted molar refractivity (Wildman–Crippen MR) is 50.1 cm³/mol. The Hall–Kier alpha value is -0.190. The van der Waals surface area contributed by atoms with E-state index in [2.05, 4.69) is 25.9 Å². The molecule has 0 atom stereocenters. The largest absolute Gasteiger partial charge is 0.236 e. The molecule has 2 nitrogen and oxygen atoms in total. The summed E-state index contributed by atoms with van der Waals surface area (Å²) in [5.41, 5.74) is 0.703. The molecule has 2 aromatic heterocycles. The van der Waals surface area contributed by atoms with Crippen LogP contribution < -0.4 is 0 Å². The highest BCUT2D eigenvalue weighted by Crippen LogP contribution is 2.29. The molecule has 0 spiro atoms. The van der Waals surface area contributed by atoms with Crippen LogP contribution in [0.1, 0.15) is 0 Å². The fourth-order valence-corrected chi connectivity index (χ4v) is 2.34. The number of pyridine rings is 1. The molecule has 0 bridgehead atoms. The Labute approximate surface area is 80.4 Å². The summed E-state index contributed by atoms with van der Waals surface area (Å²) in [5.74, 6) is 0. The SMILES string of the molecule is Clc1ccnc2nc(Br)sc12. The topological polar surface area (TPSA) is 25.8 Å². The van der Waals surface area contributed by atoms with E-state index >= 15 is 0 Å². The zero-order chi connectivity index (χ0) is 7.84. The van der Waals surface area contributed by atoms with E-state index in [0.29, 0.717) is 10.7 Å². The number of nitrogens with zero attached hydrogens (tertiary/aromatic N) is 2. The first-order valence-corrected chi connectivity index (χ1v) is 4.82. The fourth-order valence-electron chi connectivity index (χ4n) is 0.779. The Morgan fingerprint density at radius 3 is 3.09 bits per heavy atom. The van der Waals surface area contributed by atoms with E-state index in [0.717, 1.165) is 8.62 Å². The molecule has 2 heterocycles. The molecule has 0 amide bonds. The zero-order valence-corrected chi connectivity index (χ0v) is 8.37. The van der Waals surface area contributed by atoms with Gasteiger partial charge in [-0.15, -0.1) is 11.3 Å². The number of rotatable bonds is 0. The quantitative estimate of drug-likeness (QED) is 0.717. The lowest BCUT2D eigenvalue weighted by atomic mass is 10.5. The van der Waals surface area contributed by atoms with Crippen molar-refractivity contribution in [3.8, 4) is 0 Å². The van der Waals surface area contributed by atoms with E-state index in [1.807, 2.05) is 0 Å². The average Bonchev–Trinajstić information content (AvgIpc) is 2.31. The van der Waals surface area contributed by atoms with Crippen LogP contribution in [0.5, 0.6) is 0 Å². The Kier molecular flexibility index (Phi) is 1.83. The van der Waals surface area contributed by atoms with Crippen LogP contribution in [0.25, 0.3) is 10.3 Å². The van der Waals surface area contributed by atoms with Crippen LogP contribution >= 0.6 is 38.9 Å². The molecule has 2 aromatic rings. The van der Waals surface area contributed by atoms with Gasteiger partial charge < -0.3 is 0 Å². The molecule has 0 fully saturated rings. The van der Waals surface area contributed by atoms with E-state index in [1.54, 1.807) is 12.3 Å². The minimum absolute atomic E-state index is 0.703. The van der Waals surface area contributed by atoms with Gasteiger partial charge in [-0.3, -0.25) is 0 Å². The average molecular weight is 250 g/mol.